The summed E-state index contributed by atoms with van der Waals surface area (Å²) >= 11 is 0. The summed E-state index contributed by atoms with van der Waals surface area (Å²) in [5.41, 5.74) is 0.744. The molecule has 0 unspecified atom stereocenters. The fraction of sp³-hybridized carbons (Fsp3) is 0.167. The molecular formula is C12H12N2O2. The molecule has 0 heterocycles. The number of likely N-dealkylation sites (N-methyl/N-ethyl adjacent to an activating group) is 1. The van der Waals surface area contributed by atoms with Gasteiger partial charge in [-0.15, -0.1) is 0 Å². The van der Waals surface area contributed by atoms with Gasteiger partial charge in [0, 0.05) is 6.54 Å². The Morgan fingerprint density at radius 3 is 2.62 bits per heavy atom. The molecule has 1 aromatic rings. The highest BCUT2D eigenvalue weighted by Gasteiger charge is 2.06. The van der Waals surface area contributed by atoms with Crippen LogP contribution in [0.15, 0.2) is 29.8 Å². The molecule has 0 spiro atoms. The number of hydrogen-bond acceptors (Lipinski definition) is 3. The maximum absolute atomic E-state index is 11.4. The number of hydrogen-bond donors (Lipinski definition) is 2. The number of nitrogens with one attached hydrogen (secondary N) is 1. The first-order chi connectivity index (χ1) is 7.67. The summed E-state index contributed by atoms with van der Waals surface area (Å²) in [6.07, 6.45) is 1.48. The van der Waals surface area contributed by atoms with Gasteiger partial charge in [-0.3, -0.25) is 4.79 Å². The summed E-state index contributed by atoms with van der Waals surface area (Å²) < 4.78 is 0. The van der Waals surface area contributed by atoms with E-state index in [9.17, 15) is 4.79 Å². The van der Waals surface area contributed by atoms with Crippen LogP contribution in [0.5, 0.6) is 5.75 Å². The lowest BCUT2D eigenvalue weighted by atomic mass is 10.1. The molecule has 0 saturated heterocycles. The normalized spacial score (nSPS) is 10.6. The van der Waals surface area contributed by atoms with Gasteiger partial charge in [0.2, 0.25) is 0 Å². The van der Waals surface area contributed by atoms with Crippen LogP contribution in [0.25, 0.3) is 6.08 Å². The van der Waals surface area contributed by atoms with Crippen molar-refractivity contribution >= 4 is 12.0 Å². The summed E-state index contributed by atoms with van der Waals surface area (Å²) in [4.78, 5) is 11.4. The third kappa shape index (κ3) is 3.14. The van der Waals surface area contributed by atoms with Gasteiger partial charge in [0.05, 0.1) is 0 Å². The number of carbonyl (C=O) groups excluding carboxylic acids is 1. The molecule has 4 heteroatoms. The molecule has 0 radical (unpaired) electrons. The number of phenols is 1. The number of benzene rings is 1. The van der Waals surface area contributed by atoms with Gasteiger partial charge in [0.1, 0.15) is 17.4 Å². The lowest BCUT2D eigenvalue weighted by Crippen LogP contribution is -2.23. The van der Waals surface area contributed by atoms with Crippen LogP contribution in [0.4, 0.5) is 0 Å². The number of nitrogens with zero attached hydrogens (tertiary/aromatic N) is 1. The van der Waals surface area contributed by atoms with E-state index in [0.29, 0.717) is 12.1 Å². The predicted molar refractivity (Wildman–Crippen MR) is 60.4 cm³/mol. The zero-order valence-corrected chi connectivity index (χ0v) is 8.90. The second-order valence-corrected chi connectivity index (χ2v) is 3.12. The molecule has 0 saturated carbocycles. The molecule has 1 aromatic carbocycles. The predicted octanol–water partition coefficient (Wildman–Crippen LogP) is 1.44. The molecule has 0 fully saturated rings. The van der Waals surface area contributed by atoms with Gasteiger partial charge in [0.15, 0.2) is 0 Å². The van der Waals surface area contributed by atoms with Crippen molar-refractivity contribution in [3.63, 3.8) is 0 Å². The average Bonchev–Trinajstić information content (AvgIpc) is 2.28. The SMILES string of the molecule is CCNC(=O)/C(C#N)=C\c1ccc(O)cc1. The van der Waals surface area contributed by atoms with E-state index in [2.05, 4.69) is 5.32 Å². The summed E-state index contributed by atoms with van der Waals surface area (Å²) in [5.74, 6) is -0.244. The molecule has 0 aliphatic carbocycles. The Morgan fingerprint density at radius 1 is 1.50 bits per heavy atom. The topological polar surface area (TPSA) is 73.1 Å². The Hall–Kier alpha value is -2.28. The first-order valence-corrected chi connectivity index (χ1v) is 4.86. The molecular weight excluding hydrogens is 204 g/mol. The summed E-state index contributed by atoms with van der Waals surface area (Å²) in [7, 11) is 0. The summed E-state index contributed by atoms with van der Waals surface area (Å²) in [5, 5.41) is 20.4. The highest BCUT2D eigenvalue weighted by Crippen LogP contribution is 2.12. The van der Waals surface area contributed by atoms with Crippen molar-refractivity contribution in [1.82, 2.24) is 5.32 Å². The molecule has 0 atom stereocenters. The minimum absolute atomic E-state index is 0.0486. The Morgan fingerprint density at radius 2 is 2.12 bits per heavy atom. The Balaban J connectivity index is 2.92. The van der Waals surface area contributed by atoms with Crippen LogP contribution in [0.2, 0.25) is 0 Å². The number of nitriles is 1. The number of carbonyl (C=O) groups is 1. The fourth-order valence-electron chi connectivity index (χ4n) is 1.14. The maximum atomic E-state index is 11.4. The van der Waals surface area contributed by atoms with Gasteiger partial charge in [-0.1, -0.05) is 12.1 Å². The Kier molecular flexibility index (Phi) is 4.10. The Bertz CT molecular complexity index is 441. The molecule has 0 aliphatic rings. The number of amides is 1. The van der Waals surface area contributed by atoms with Crippen molar-refractivity contribution < 1.29 is 9.90 Å². The van der Waals surface area contributed by atoms with Crippen LogP contribution in [-0.4, -0.2) is 17.6 Å². The molecule has 82 valence electrons. The molecule has 1 amide bonds. The summed E-state index contributed by atoms with van der Waals surface area (Å²) in [6, 6.07) is 8.10. The van der Waals surface area contributed by atoms with Crippen molar-refractivity contribution in [3.8, 4) is 11.8 Å². The van der Waals surface area contributed by atoms with E-state index in [1.807, 2.05) is 6.07 Å². The fourth-order valence-corrected chi connectivity index (χ4v) is 1.14. The minimum Gasteiger partial charge on any atom is -0.508 e. The van der Waals surface area contributed by atoms with Gasteiger partial charge in [0.25, 0.3) is 5.91 Å². The van der Waals surface area contributed by atoms with E-state index in [0.717, 1.165) is 0 Å². The van der Waals surface area contributed by atoms with Crippen LogP contribution >= 0.6 is 0 Å². The lowest BCUT2D eigenvalue weighted by Gasteiger charge is -2.00. The largest absolute Gasteiger partial charge is 0.508 e. The van der Waals surface area contributed by atoms with Crippen LogP contribution in [0.3, 0.4) is 0 Å². The molecule has 0 bridgehead atoms. The second-order valence-electron chi connectivity index (χ2n) is 3.12. The quantitative estimate of drug-likeness (QED) is 0.593. The lowest BCUT2D eigenvalue weighted by molar-refractivity contribution is -0.116. The first kappa shape index (κ1) is 11.8. The van der Waals surface area contributed by atoms with Gasteiger partial charge < -0.3 is 10.4 Å². The van der Waals surface area contributed by atoms with Gasteiger partial charge in [-0.05, 0) is 30.7 Å². The molecule has 0 aliphatic heterocycles. The third-order valence-electron chi connectivity index (χ3n) is 1.91. The smallest absolute Gasteiger partial charge is 0.261 e. The minimum atomic E-state index is -0.391. The van der Waals surface area contributed by atoms with Crippen molar-refractivity contribution in [1.29, 1.82) is 5.26 Å². The summed E-state index contributed by atoms with van der Waals surface area (Å²) in [6.45, 7) is 2.26. The van der Waals surface area contributed by atoms with Crippen molar-refractivity contribution in [2.75, 3.05) is 6.54 Å². The zero-order chi connectivity index (χ0) is 12.0. The van der Waals surface area contributed by atoms with Gasteiger partial charge in [-0.25, -0.2) is 0 Å². The molecule has 16 heavy (non-hydrogen) atoms. The maximum Gasteiger partial charge on any atom is 0.261 e. The molecule has 1 rings (SSSR count). The van der Waals surface area contributed by atoms with E-state index in [4.69, 9.17) is 10.4 Å². The van der Waals surface area contributed by atoms with Crippen LogP contribution in [0.1, 0.15) is 12.5 Å². The monoisotopic (exact) mass is 216 g/mol. The highest BCUT2D eigenvalue weighted by atomic mass is 16.3. The van der Waals surface area contributed by atoms with Gasteiger partial charge >= 0.3 is 0 Å². The first-order valence-electron chi connectivity index (χ1n) is 4.86. The zero-order valence-electron chi connectivity index (χ0n) is 8.90. The molecule has 2 N–H and O–H groups in total. The highest BCUT2D eigenvalue weighted by molar-refractivity contribution is 6.01. The van der Waals surface area contributed by atoms with E-state index >= 15 is 0 Å². The van der Waals surface area contributed by atoms with Crippen LogP contribution in [-0.2, 0) is 4.79 Å². The third-order valence-corrected chi connectivity index (χ3v) is 1.91. The van der Waals surface area contributed by atoms with Crippen LogP contribution in [0, 0.1) is 11.3 Å². The second kappa shape index (κ2) is 5.56. The van der Waals surface area contributed by atoms with E-state index < -0.39 is 5.91 Å². The van der Waals surface area contributed by atoms with E-state index in [1.165, 1.54) is 18.2 Å². The number of aromatic hydroxyl groups is 1. The molecule has 0 aromatic heterocycles. The van der Waals surface area contributed by atoms with Crippen molar-refractivity contribution in [2.24, 2.45) is 0 Å². The Labute approximate surface area is 93.8 Å². The van der Waals surface area contributed by atoms with E-state index in [-0.39, 0.29) is 11.3 Å². The van der Waals surface area contributed by atoms with E-state index in [1.54, 1.807) is 19.1 Å². The van der Waals surface area contributed by atoms with Crippen molar-refractivity contribution in [3.05, 3.63) is 35.4 Å². The number of rotatable bonds is 3. The van der Waals surface area contributed by atoms with Gasteiger partial charge in [-0.2, -0.15) is 5.26 Å². The number of phenolic OH excluding ortho intramolecular Hbond substituents is 1. The van der Waals surface area contributed by atoms with Crippen LogP contribution < -0.4 is 5.32 Å². The molecule has 4 nitrogen and oxygen atoms in total. The average molecular weight is 216 g/mol. The standard InChI is InChI=1S/C12H12N2O2/c1-2-14-12(16)10(8-13)7-9-3-5-11(15)6-4-9/h3-7,15H,2H2,1H3,(H,14,16)/b10-7-. The van der Waals surface area contributed by atoms with Crippen molar-refractivity contribution in [2.45, 2.75) is 6.92 Å².